The second kappa shape index (κ2) is 12.7. The van der Waals surface area contributed by atoms with Crippen LogP contribution in [0.15, 0.2) is 65.9 Å². The molecule has 37 heavy (non-hydrogen) atoms. The lowest BCUT2D eigenvalue weighted by Crippen LogP contribution is -2.38. The summed E-state index contributed by atoms with van der Waals surface area (Å²) in [6, 6.07) is 16.9. The summed E-state index contributed by atoms with van der Waals surface area (Å²) in [7, 11) is 0. The molecule has 1 fully saturated rings. The van der Waals surface area contributed by atoms with Gasteiger partial charge >= 0.3 is 5.97 Å². The lowest BCUT2D eigenvalue weighted by atomic mass is 9.83. The standard InChI is InChI=1S/C30H37N3O4/c1-3-37-30(36)28-22(2)33(27(34)20-26(28)24-10-6-4-7-11-24)21-23-12-14-25(15-13-23)29(35)31-16-19-32-17-8-5-9-18-32/h4,6-7,10-15,26H,3,5,8-9,16-21H2,1-2H3,(H,31,35). The first kappa shape index (κ1) is 26.6. The van der Waals surface area contributed by atoms with E-state index in [4.69, 9.17) is 4.74 Å². The third kappa shape index (κ3) is 6.66. The molecule has 7 heteroatoms. The van der Waals surface area contributed by atoms with Gasteiger partial charge in [0, 0.05) is 36.7 Å². The molecule has 0 aliphatic carbocycles. The maximum absolute atomic E-state index is 13.2. The Labute approximate surface area is 219 Å². The third-order valence-electron chi connectivity index (χ3n) is 7.24. The summed E-state index contributed by atoms with van der Waals surface area (Å²) >= 11 is 0. The number of nitrogens with one attached hydrogen (secondary N) is 1. The average molecular weight is 504 g/mol. The van der Waals surface area contributed by atoms with Gasteiger partial charge in [-0.3, -0.25) is 9.59 Å². The zero-order valence-corrected chi connectivity index (χ0v) is 21.9. The molecule has 2 amide bonds. The van der Waals surface area contributed by atoms with Gasteiger partial charge in [-0.15, -0.1) is 0 Å². The summed E-state index contributed by atoms with van der Waals surface area (Å²) in [6.07, 6.45) is 3.97. The topological polar surface area (TPSA) is 79.0 Å². The van der Waals surface area contributed by atoms with Crippen LogP contribution < -0.4 is 5.32 Å². The number of piperidine rings is 1. The van der Waals surface area contributed by atoms with Crippen LogP contribution in [0.4, 0.5) is 0 Å². The molecule has 4 rings (SSSR count). The highest BCUT2D eigenvalue weighted by molar-refractivity contribution is 5.96. The van der Waals surface area contributed by atoms with E-state index in [2.05, 4.69) is 10.2 Å². The number of carbonyl (C=O) groups excluding carboxylic acids is 3. The van der Waals surface area contributed by atoms with Gasteiger partial charge in [0.1, 0.15) is 0 Å². The van der Waals surface area contributed by atoms with E-state index in [1.807, 2.05) is 49.4 Å². The predicted molar refractivity (Wildman–Crippen MR) is 143 cm³/mol. The molecular weight excluding hydrogens is 466 g/mol. The van der Waals surface area contributed by atoms with Gasteiger partial charge in [0.2, 0.25) is 5.91 Å². The Bertz CT molecular complexity index is 1120. The van der Waals surface area contributed by atoms with Gasteiger partial charge in [-0.1, -0.05) is 48.9 Å². The number of allylic oxidation sites excluding steroid dienone is 1. The number of ether oxygens (including phenoxy) is 1. The van der Waals surface area contributed by atoms with E-state index in [1.54, 1.807) is 24.0 Å². The second-order valence-electron chi connectivity index (χ2n) is 9.72. The summed E-state index contributed by atoms with van der Waals surface area (Å²) in [5.74, 6) is -0.856. The van der Waals surface area contributed by atoms with Crippen molar-refractivity contribution < 1.29 is 19.1 Å². The Morgan fingerprint density at radius 1 is 1.00 bits per heavy atom. The molecule has 2 aromatic carbocycles. The van der Waals surface area contributed by atoms with Crippen molar-refractivity contribution in [2.24, 2.45) is 0 Å². The molecule has 0 aromatic heterocycles. The molecule has 2 aliphatic rings. The van der Waals surface area contributed by atoms with Gasteiger partial charge in [0.25, 0.3) is 5.91 Å². The number of benzene rings is 2. The second-order valence-corrected chi connectivity index (χ2v) is 9.72. The van der Waals surface area contributed by atoms with E-state index >= 15 is 0 Å². The first-order chi connectivity index (χ1) is 18.0. The molecule has 0 saturated carbocycles. The van der Waals surface area contributed by atoms with Gasteiger partial charge in [-0.25, -0.2) is 4.79 Å². The number of esters is 1. The molecule has 1 saturated heterocycles. The van der Waals surface area contributed by atoms with Crippen molar-refractivity contribution in [2.75, 3.05) is 32.8 Å². The molecule has 7 nitrogen and oxygen atoms in total. The Morgan fingerprint density at radius 2 is 1.70 bits per heavy atom. The van der Waals surface area contributed by atoms with Crippen LogP contribution in [0.3, 0.4) is 0 Å². The molecule has 196 valence electrons. The maximum Gasteiger partial charge on any atom is 0.336 e. The van der Waals surface area contributed by atoms with Crippen LogP contribution >= 0.6 is 0 Å². The monoisotopic (exact) mass is 503 g/mol. The predicted octanol–water partition coefficient (Wildman–Crippen LogP) is 4.26. The summed E-state index contributed by atoms with van der Waals surface area (Å²) in [4.78, 5) is 42.8. The minimum absolute atomic E-state index is 0.0427. The smallest absolute Gasteiger partial charge is 0.336 e. The fourth-order valence-corrected chi connectivity index (χ4v) is 5.20. The number of nitrogens with zero attached hydrogens (tertiary/aromatic N) is 2. The van der Waals surface area contributed by atoms with E-state index in [0.717, 1.165) is 30.8 Å². The SMILES string of the molecule is CCOC(=O)C1=C(C)N(Cc2ccc(C(=O)NCCN3CCCCC3)cc2)C(=O)CC1c1ccccc1. The van der Waals surface area contributed by atoms with Crippen LogP contribution in [0.5, 0.6) is 0 Å². The van der Waals surface area contributed by atoms with E-state index in [1.165, 1.54) is 19.3 Å². The first-order valence-electron chi connectivity index (χ1n) is 13.3. The van der Waals surface area contributed by atoms with Crippen LogP contribution in [-0.2, 0) is 20.9 Å². The summed E-state index contributed by atoms with van der Waals surface area (Å²) in [5, 5.41) is 3.01. The average Bonchev–Trinajstić information content (AvgIpc) is 2.92. The van der Waals surface area contributed by atoms with Crippen molar-refractivity contribution in [3.8, 4) is 0 Å². The highest BCUT2D eigenvalue weighted by atomic mass is 16.5. The summed E-state index contributed by atoms with van der Waals surface area (Å²) in [6.45, 7) is 7.91. The van der Waals surface area contributed by atoms with Gasteiger partial charge in [-0.05, 0) is 63.0 Å². The van der Waals surface area contributed by atoms with Crippen molar-refractivity contribution in [1.29, 1.82) is 0 Å². The zero-order valence-electron chi connectivity index (χ0n) is 21.9. The zero-order chi connectivity index (χ0) is 26.2. The summed E-state index contributed by atoms with van der Waals surface area (Å²) < 4.78 is 5.37. The van der Waals surface area contributed by atoms with Crippen molar-refractivity contribution in [1.82, 2.24) is 15.1 Å². The molecule has 0 spiro atoms. The van der Waals surface area contributed by atoms with Gasteiger partial charge in [0.15, 0.2) is 0 Å². The van der Waals surface area contributed by atoms with Crippen LogP contribution in [0, 0.1) is 0 Å². The molecule has 2 heterocycles. The maximum atomic E-state index is 13.2. The molecule has 1 N–H and O–H groups in total. The fraction of sp³-hybridized carbons (Fsp3) is 0.433. The minimum Gasteiger partial charge on any atom is -0.463 e. The fourth-order valence-electron chi connectivity index (χ4n) is 5.20. The number of amides is 2. The van der Waals surface area contributed by atoms with Crippen molar-refractivity contribution in [2.45, 2.75) is 52.0 Å². The Kier molecular flexibility index (Phi) is 9.12. The van der Waals surface area contributed by atoms with E-state index in [-0.39, 0.29) is 36.7 Å². The van der Waals surface area contributed by atoms with E-state index in [9.17, 15) is 14.4 Å². The first-order valence-corrected chi connectivity index (χ1v) is 13.3. The molecular formula is C30H37N3O4. The van der Waals surface area contributed by atoms with E-state index < -0.39 is 0 Å². The number of carbonyl (C=O) groups is 3. The highest BCUT2D eigenvalue weighted by Crippen LogP contribution is 2.37. The molecule has 2 aliphatic heterocycles. The third-order valence-corrected chi connectivity index (χ3v) is 7.24. The molecule has 2 aromatic rings. The normalized spacial score (nSPS) is 18.6. The quantitative estimate of drug-likeness (QED) is 0.518. The van der Waals surface area contributed by atoms with Crippen molar-refractivity contribution >= 4 is 17.8 Å². The van der Waals surface area contributed by atoms with Crippen LogP contribution in [0.25, 0.3) is 0 Å². The largest absolute Gasteiger partial charge is 0.463 e. The minimum atomic E-state index is -0.386. The Balaban J connectivity index is 1.44. The highest BCUT2D eigenvalue weighted by Gasteiger charge is 2.36. The van der Waals surface area contributed by atoms with Crippen molar-refractivity contribution in [3.63, 3.8) is 0 Å². The van der Waals surface area contributed by atoms with Gasteiger partial charge in [0.05, 0.1) is 18.7 Å². The Morgan fingerprint density at radius 3 is 2.38 bits per heavy atom. The lowest BCUT2D eigenvalue weighted by molar-refractivity contribution is -0.140. The molecule has 0 radical (unpaired) electrons. The molecule has 1 atom stereocenters. The van der Waals surface area contributed by atoms with Crippen molar-refractivity contribution in [3.05, 3.63) is 82.6 Å². The summed E-state index contributed by atoms with van der Waals surface area (Å²) in [5.41, 5.74) is 3.55. The van der Waals surface area contributed by atoms with Crippen LogP contribution in [0.1, 0.15) is 66.9 Å². The Hall–Kier alpha value is -3.45. The number of rotatable bonds is 9. The molecule has 1 unspecified atom stereocenters. The lowest BCUT2D eigenvalue weighted by Gasteiger charge is -2.34. The number of hydrogen-bond donors (Lipinski definition) is 1. The van der Waals surface area contributed by atoms with Crippen LogP contribution in [0.2, 0.25) is 0 Å². The number of likely N-dealkylation sites (tertiary alicyclic amines) is 1. The molecule has 0 bridgehead atoms. The van der Waals surface area contributed by atoms with Gasteiger partial charge in [-0.2, -0.15) is 0 Å². The number of hydrogen-bond acceptors (Lipinski definition) is 5. The van der Waals surface area contributed by atoms with Gasteiger partial charge < -0.3 is 19.9 Å². The van der Waals surface area contributed by atoms with E-state index in [0.29, 0.717) is 29.9 Å². The van der Waals surface area contributed by atoms with Crippen LogP contribution in [-0.4, -0.2) is 60.4 Å².